The molecule has 23 heavy (non-hydrogen) atoms. The first kappa shape index (κ1) is 19.5. The number of hydrazone groups is 1. The summed E-state index contributed by atoms with van der Waals surface area (Å²) in [6.45, 7) is 6.01. The molecule has 1 rings (SSSR count). The van der Waals surface area contributed by atoms with Gasteiger partial charge < -0.3 is 5.32 Å². The van der Waals surface area contributed by atoms with E-state index in [1.54, 1.807) is 12.1 Å². The van der Waals surface area contributed by atoms with E-state index in [0.717, 1.165) is 12.1 Å². The maximum Gasteiger partial charge on any atom is 0.240 e. The number of hydrogen-bond donors (Lipinski definition) is 2. The van der Waals surface area contributed by atoms with Gasteiger partial charge >= 0.3 is 0 Å². The van der Waals surface area contributed by atoms with Crippen LogP contribution in [0.5, 0.6) is 0 Å². The second kappa shape index (κ2) is 9.53. The molecule has 1 aromatic rings. The van der Waals surface area contributed by atoms with E-state index in [0.29, 0.717) is 21.7 Å². The summed E-state index contributed by atoms with van der Waals surface area (Å²) in [5, 5.41) is 7.48. The van der Waals surface area contributed by atoms with E-state index in [1.807, 2.05) is 6.92 Å². The molecule has 0 aliphatic rings. The summed E-state index contributed by atoms with van der Waals surface area (Å²) >= 11 is 11.8. The molecule has 7 heteroatoms. The van der Waals surface area contributed by atoms with Gasteiger partial charge in [-0.25, -0.2) is 5.43 Å². The lowest BCUT2D eigenvalue weighted by molar-refractivity contribution is -0.124. The van der Waals surface area contributed by atoms with Crippen LogP contribution in [0, 0.1) is 5.92 Å². The van der Waals surface area contributed by atoms with Crippen molar-refractivity contribution in [3.05, 3.63) is 28.2 Å². The predicted octanol–water partition coefficient (Wildman–Crippen LogP) is 4.25. The van der Waals surface area contributed by atoms with E-state index < -0.39 is 0 Å². The van der Waals surface area contributed by atoms with Crippen LogP contribution < -0.4 is 10.7 Å². The van der Waals surface area contributed by atoms with E-state index in [4.69, 9.17) is 23.2 Å². The molecule has 0 fully saturated rings. The lowest BCUT2D eigenvalue weighted by atomic mass is 10.1. The van der Waals surface area contributed by atoms with E-state index in [1.165, 1.54) is 6.07 Å². The van der Waals surface area contributed by atoms with Crippen LogP contribution in [-0.4, -0.2) is 17.5 Å². The molecule has 0 heterocycles. The number of nitrogens with one attached hydrogen (secondary N) is 2. The SMILES string of the molecule is C/C(CC(C)C)=N\NC(=O)CCC(=O)Nc1ccc(Cl)cc1Cl. The van der Waals surface area contributed by atoms with Crippen molar-refractivity contribution in [2.24, 2.45) is 11.0 Å². The second-order valence-corrected chi connectivity index (χ2v) is 6.50. The zero-order valence-electron chi connectivity index (χ0n) is 13.5. The van der Waals surface area contributed by atoms with E-state index in [9.17, 15) is 9.59 Å². The first-order valence-corrected chi connectivity index (χ1v) is 8.10. The van der Waals surface area contributed by atoms with Gasteiger partial charge in [-0.3, -0.25) is 9.59 Å². The van der Waals surface area contributed by atoms with E-state index in [-0.39, 0.29) is 24.7 Å². The van der Waals surface area contributed by atoms with Gasteiger partial charge in [0.15, 0.2) is 0 Å². The summed E-state index contributed by atoms with van der Waals surface area (Å²) < 4.78 is 0. The van der Waals surface area contributed by atoms with Gasteiger partial charge in [-0.2, -0.15) is 5.10 Å². The molecular formula is C16H21Cl2N3O2. The minimum atomic E-state index is -0.301. The molecule has 0 aliphatic carbocycles. The fraction of sp³-hybridized carbons (Fsp3) is 0.438. The van der Waals surface area contributed by atoms with Crippen molar-refractivity contribution < 1.29 is 9.59 Å². The minimum Gasteiger partial charge on any atom is -0.325 e. The van der Waals surface area contributed by atoms with Gasteiger partial charge in [-0.05, 0) is 37.5 Å². The fourth-order valence-electron chi connectivity index (χ4n) is 1.88. The quantitative estimate of drug-likeness (QED) is 0.565. The zero-order valence-corrected chi connectivity index (χ0v) is 15.0. The maximum absolute atomic E-state index is 11.8. The summed E-state index contributed by atoms with van der Waals surface area (Å²) in [4.78, 5) is 23.5. The Labute approximate surface area is 146 Å². The molecule has 0 aliphatic heterocycles. The first-order chi connectivity index (χ1) is 10.8. The van der Waals surface area contributed by atoms with Crippen molar-refractivity contribution in [3.8, 4) is 0 Å². The van der Waals surface area contributed by atoms with Crippen LogP contribution in [0.1, 0.15) is 40.0 Å². The molecule has 1 aromatic carbocycles. The number of rotatable bonds is 7. The van der Waals surface area contributed by atoms with Crippen molar-refractivity contribution in [2.45, 2.75) is 40.0 Å². The number of anilines is 1. The van der Waals surface area contributed by atoms with Crippen LogP contribution in [0.3, 0.4) is 0 Å². The number of amides is 2. The zero-order chi connectivity index (χ0) is 17.4. The van der Waals surface area contributed by atoms with Crippen LogP contribution in [0.4, 0.5) is 5.69 Å². The van der Waals surface area contributed by atoms with Gasteiger partial charge in [0.2, 0.25) is 11.8 Å². The van der Waals surface area contributed by atoms with Gasteiger partial charge in [-0.1, -0.05) is 37.0 Å². The highest BCUT2D eigenvalue weighted by molar-refractivity contribution is 6.36. The van der Waals surface area contributed by atoms with Crippen molar-refractivity contribution in [3.63, 3.8) is 0 Å². The van der Waals surface area contributed by atoms with Crippen LogP contribution in [0.15, 0.2) is 23.3 Å². The van der Waals surface area contributed by atoms with Crippen LogP contribution in [-0.2, 0) is 9.59 Å². The summed E-state index contributed by atoms with van der Waals surface area (Å²) in [6, 6.07) is 4.78. The molecule has 0 spiro atoms. The minimum absolute atomic E-state index is 0.0452. The maximum atomic E-state index is 11.8. The number of benzene rings is 1. The molecule has 5 nitrogen and oxygen atoms in total. The smallest absolute Gasteiger partial charge is 0.240 e. The summed E-state index contributed by atoms with van der Waals surface area (Å²) in [5.41, 5.74) is 3.77. The normalized spacial score (nSPS) is 11.5. The molecule has 0 aromatic heterocycles. The molecule has 0 saturated carbocycles. The number of nitrogens with zero attached hydrogens (tertiary/aromatic N) is 1. The topological polar surface area (TPSA) is 70.6 Å². The molecule has 2 N–H and O–H groups in total. The second-order valence-electron chi connectivity index (χ2n) is 5.65. The van der Waals surface area contributed by atoms with Crippen LogP contribution >= 0.6 is 23.2 Å². The lowest BCUT2D eigenvalue weighted by Gasteiger charge is -2.07. The molecule has 0 unspecified atom stereocenters. The number of carbonyl (C=O) groups is 2. The highest BCUT2D eigenvalue weighted by Gasteiger charge is 2.09. The highest BCUT2D eigenvalue weighted by Crippen LogP contribution is 2.25. The number of hydrogen-bond acceptors (Lipinski definition) is 3. The standard InChI is InChI=1S/C16H21Cl2N3O2/c1-10(2)8-11(3)20-21-16(23)7-6-15(22)19-14-5-4-12(17)9-13(14)18/h4-5,9-10H,6-8H2,1-3H3,(H,19,22)(H,21,23)/b20-11+. The Hall–Kier alpha value is -1.59. The van der Waals surface area contributed by atoms with Crippen molar-refractivity contribution in [1.82, 2.24) is 5.43 Å². The monoisotopic (exact) mass is 357 g/mol. The van der Waals surface area contributed by atoms with Gasteiger partial charge in [0.25, 0.3) is 0 Å². The van der Waals surface area contributed by atoms with Crippen molar-refractivity contribution >= 4 is 46.4 Å². The van der Waals surface area contributed by atoms with Gasteiger partial charge in [-0.15, -0.1) is 0 Å². The molecule has 0 saturated heterocycles. The molecule has 2 amide bonds. The number of halogens is 2. The highest BCUT2D eigenvalue weighted by atomic mass is 35.5. The van der Waals surface area contributed by atoms with E-state index in [2.05, 4.69) is 29.7 Å². The van der Waals surface area contributed by atoms with E-state index >= 15 is 0 Å². The Morgan fingerprint density at radius 1 is 1.17 bits per heavy atom. The Morgan fingerprint density at radius 3 is 2.43 bits per heavy atom. The lowest BCUT2D eigenvalue weighted by Crippen LogP contribution is -2.22. The third-order valence-corrected chi connectivity index (χ3v) is 3.41. The summed E-state index contributed by atoms with van der Waals surface area (Å²) in [7, 11) is 0. The Kier molecular flexibility index (Phi) is 8.06. The summed E-state index contributed by atoms with van der Waals surface area (Å²) in [5.74, 6) is -0.122. The van der Waals surface area contributed by atoms with Gasteiger partial charge in [0.1, 0.15) is 0 Å². The fourth-order valence-corrected chi connectivity index (χ4v) is 2.34. The first-order valence-electron chi connectivity index (χ1n) is 7.35. The number of carbonyl (C=O) groups excluding carboxylic acids is 2. The molecular weight excluding hydrogens is 337 g/mol. The van der Waals surface area contributed by atoms with Gasteiger partial charge in [0, 0.05) is 23.6 Å². The van der Waals surface area contributed by atoms with Crippen molar-refractivity contribution in [1.29, 1.82) is 0 Å². The molecule has 0 bridgehead atoms. The largest absolute Gasteiger partial charge is 0.325 e. The Morgan fingerprint density at radius 2 is 1.83 bits per heavy atom. The predicted molar refractivity (Wildman–Crippen MR) is 95.0 cm³/mol. The molecule has 0 atom stereocenters. The third kappa shape index (κ3) is 8.00. The van der Waals surface area contributed by atoms with Crippen molar-refractivity contribution in [2.75, 3.05) is 5.32 Å². The average Bonchev–Trinajstić information content (AvgIpc) is 2.45. The molecule has 126 valence electrons. The average molecular weight is 358 g/mol. The third-order valence-electron chi connectivity index (χ3n) is 2.86. The summed E-state index contributed by atoms with van der Waals surface area (Å²) in [6.07, 6.45) is 0.912. The van der Waals surface area contributed by atoms with Gasteiger partial charge in [0.05, 0.1) is 10.7 Å². The Balaban J connectivity index is 2.39. The van der Waals surface area contributed by atoms with Crippen LogP contribution in [0.2, 0.25) is 10.0 Å². The Bertz CT molecular complexity index is 601. The van der Waals surface area contributed by atoms with Crippen LogP contribution in [0.25, 0.3) is 0 Å². The molecule has 0 radical (unpaired) electrons.